The highest BCUT2D eigenvalue weighted by atomic mass is 79.9. The first-order chi connectivity index (χ1) is 6.76. The van der Waals surface area contributed by atoms with Crippen molar-refractivity contribution in [1.29, 1.82) is 0 Å². The summed E-state index contributed by atoms with van der Waals surface area (Å²) >= 11 is 3.74. The van der Waals surface area contributed by atoms with Gasteiger partial charge in [0.2, 0.25) is 0 Å². The molecular formula is C12H22BrN. The van der Waals surface area contributed by atoms with Crippen LogP contribution in [0.25, 0.3) is 0 Å². The maximum atomic E-state index is 3.74. The predicted octanol–water partition coefficient (Wildman–Crippen LogP) is 3.43. The number of halogens is 1. The molecule has 2 fully saturated rings. The summed E-state index contributed by atoms with van der Waals surface area (Å²) in [5.41, 5.74) is 0.607. The van der Waals surface area contributed by atoms with E-state index < -0.39 is 0 Å². The number of hydrogen-bond acceptors (Lipinski definition) is 1. The number of alkyl halides is 1. The van der Waals surface area contributed by atoms with E-state index in [1.54, 1.807) is 0 Å². The molecule has 0 saturated heterocycles. The summed E-state index contributed by atoms with van der Waals surface area (Å²) in [5, 5.41) is 1.21. The fourth-order valence-corrected chi connectivity index (χ4v) is 3.55. The molecule has 0 heterocycles. The Morgan fingerprint density at radius 1 is 1.21 bits per heavy atom. The fourth-order valence-electron chi connectivity index (χ4n) is 2.81. The minimum atomic E-state index is 0.607. The minimum Gasteiger partial charge on any atom is -0.303 e. The number of hydrogen-bond donors (Lipinski definition) is 0. The summed E-state index contributed by atoms with van der Waals surface area (Å²) < 4.78 is 0. The molecule has 0 bridgehead atoms. The van der Waals surface area contributed by atoms with Crippen molar-refractivity contribution < 1.29 is 0 Å². The monoisotopic (exact) mass is 259 g/mol. The molecule has 0 radical (unpaired) electrons. The summed E-state index contributed by atoms with van der Waals surface area (Å²) in [7, 11) is 2.32. The first-order valence-electron chi connectivity index (χ1n) is 6.02. The largest absolute Gasteiger partial charge is 0.303 e. The Bertz CT molecular complexity index is 183. The van der Waals surface area contributed by atoms with E-state index in [1.807, 2.05) is 0 Å². The lowest BCUT2D eigenvalue weighted by Gasteiger charge is -2.39. The molecule has 0 amide bonds. The zero-order chi connectivity index (χ0) is 10.0. The first-order valence-corrected chi connectivity index (χ1v) is 7.14. The van der Waals surface area contributed by atoms with Crippen LogP contribution in [-0.2, 0) is 0 Å². The highest BCUT2D eigenvalue weighted by molar-refractivity contribution is 9.09. The van der Waals surface area contributed by atoms with E-state index in [1.165, 1.54) is 56.8 Å². The predicted molar refractivity (Wildman–Crippen MR) is 65.0 cm³/mol. The molecule has 0 atom stereocenters. The number of rotatable bonds is 4. The minimum absolute atomic E-state index is 0.607. The molecule has 1 nitrogen and oxygen atoms in total. The SMILES string of the molecule is CN(CC1(CBr)CCCCC1)C1CC1. The summed E-state index contributed by atoms with van der Waals surface area (Å²) in [6, 6.07) is 0.924. The van der Waals surface area contributed by atoms with Gasteiger partial charge in [-0.25, -0.2) is 0 Å². The van der Waals surface area contributed by atoms with Crippen molar-refractivity contribution in [3.05, 3.63) is 0 Å². The van der Waals surface area contributed by atoms with Crippen LogP contribution in [0.5, 0.6) is 0 Å². The Morgan fingerprint density at radius 2 is 1.86 bits per heavy atom. The van der Waals surface area contributed by atoms with Crippen LogP contribution in [0.4, 0.5) is 0 Å². The van der Waals surface area contributed by atoms with Crippen LogP contribution in [0.1, 0.15) is 44.9 Å². The summed E-state index contributed by atoms with van der Waals surface area (Å²) in [4.78, 5) is 2.60. The van der Waals surface area contributed by atoms with Crippen LogP contribution in [0.3, 0.4) is 0 Å². The quantitative estimate of drug-likeness (QED) is 0.700. The molecule has 2 saturated carbocycles. The van der Waals surface area contributed by atoms with Crippen molar-refractivity contribution in [3.8, 4) is 0 Å². The van der Waals surface area contributed by atoms with Gasteiger partial charge in [-0.3, -0.25) is 0 Å². The maximum Gasteiger partial charge on any atom is 0.0100 e. The van der Waals surface area contributed by atoms with Gasteiger partial charge in [-0.1, -0.05) is 35.2 Å². The van der Waals surface area contributed by atoms with E-state index in [-0.39, 0.29) is 0 Å². The molecule has 0 spiro atoms. The fraction of sp³-hybridized carbons (Fsp3) is 1.00. The summed E-state index contributed by atoms with van der Waals surface area (Å²) in [5.74, 6) is 0. The third-order valence-electron chi connectivity index (χ3n) is 3.95. The zero-order valence-electron chi connectivity index (χ0n) is 9.27. The molecule has 2 aliphatic carbocycles. The van der Waals surface area contributed by atoms with Crippen LogP contribution in [0, 0.1) is 5.41 Å². The maximum absolute atomic E-state index is 3.74. The van der Waals surface area contributed by atoms with E-state index in [4.69, 9.17) is 0 Å². The second-order valence-corrected chi connectivity index (χ2v) is 5.90. The van der Waals surface area contributed by atoms with Crippen LogP contribution < -0.4 is 0 Å². The Kier molecular flexibility index (Phi) is 3.54. The van der Waals surface area contributed by atoms with Gasteiger partial charge in [-0.15, -0.1) is 0 Å². The molecule has 0 aromatic heterocycles. The van der Waals surface area contributed by atoms with E-state index in [0.29, 0.717) is 5.41 Å². The van der Waals surface area contributed by atoms with Crippen LogP contribution in [-0.4, -0.2) is 29.9 Å². The molecule has 0 aliphatic heterocycles. The first kappa shape index (κ1) is 10.9. The van der Waals surface area contributed by atoms with E-state index in [9.17, 15) is 0 Å². The highest BCUT2D eigenvalue weighted by Gasteiger charge is 2.36. The van der Waals surface area contributed by atoms with Crippen LogP contribution in [0.15, 0.2) is 0 Å². The highest BCUT2D eigenvalue weighted by Crippen LogP contribution is 2.40. The smallest absolute Gasteiger partial charge is 0.0100 e. The molecule has 2 heteroatoms. The lowest BCUT2D eigenvalue weighted by molar-refractivity contribution is 0.141. The standard InChI is InChI=1S/C12H22BrN/c1-14(11-5-6-11)10-12(9-13)7-3-2-4-8-12/h11H,2-10H2,1H3. The van der Waals surface area contributed by atoms with E-state index in [2.05, 4.69) is 27.9 Å². The Labute approximate surface area is 96.4 Å². The van der Waals surface area contributed by atoms with Crippen molar-refractivity contribution in [2.24, 2.45) is 5.41 Å². The zero-order valence-corrected chi connectivity index (χ0v) is 10.9. The second-order valence-electron chi connectivity index (χ2n) is 5.34. The molecule has 0 N–H and O–H groups in total. The molecule has 14 heavy (non-hydrogen) atoms. The van der Waals surface area contributed by atoms with Crippen molar-refractivity contribution in [2.75, 3.05) is 18.9 Å². The molecular weight excluding hydrogens is 238 g/mol. The molecule has 82 valence electrons. The van der Waals surface area contributed by atoms with Gasteiger partial charge in [0.05, 0.1) is 0 Å². The van der Waals surface area contributed by atoms with Crippen molar-refractivity contribution >= 4 is 15.9 Å². The molecule has 0 aromatic carbocycles. The lowest BCUT2D eigenvalue weighted by atomic mass is 9.75. The summed E-state index contributed by atoms with van der Waals surface area (Å²) in [6.07, 6.45) is 10.1. The molecule has 2 aliphatic rings. The number of nitrogens with zero attached hydrogens (tertiary/aromatic N) is 1. The van der Waals surface area contributed by atoms with Crippen molar-refractivity contribution in [3.63, 3.8) is 0 Å². The average molecular weight is 260 g/mol. The lowest BCUT2D eigenvalue weighted by Crippen LogP contribution is -2.39. The van der Waals surface area contributed by atoms with Gasteiger partial charge in [-0.2, -0.15) is 0 Å². The van der Waals surface area contributed by atoms with Gasteiger partial charge in [0.25, 0.3) is 0 Å². The normalized spacial score (nSPS) is 26.8. The Hall–Kier alpha value is 0.440. The molecule has 0 aromatic rings. The summed E-state index contributed by atoms with van der Waals surface area (Å²) in [6.45, 7) is 1.32. The van der Waals surface area contributed by atoms with Gasteiger partial charge in [-0.05, 0) is 38.1 Å². The topological polar surface area (TPSA) is 3.24 Å². The van der Waals surface area contributed by atoms with Crippen molar-refractivity contribution in [1.82, 2.24) is 4.90 Å². The van der Waals surface area contributed by atoms with Gasteiger partial charge in [0.1, 0.15) is 0 Å². The Balaban J connectivity index is 1.89. The molecule has 2 rings (SSSR count). The van der Waals surface area contributed by atoms with E-state index in [0.717, 1.165) is 6.04 Å². The van der Waals surface area contributed by atoms with Gasteiger partial charge in [0, 0.05) is 17.9 Å². The van der Waals surface area contributed by atoms with Gasteiger partial charge < -0.3 is 4.90 Å². The Morgan fingerprint density at radius 3 is 2.36 bits per heavy atom. The van der Waals surface area contributed by atoms with Crippen molar-refractivity contribution in [2.45, 2.75) is 51.0 Å². The average Bonchev–Trinajstić information content (AvgIpc) is 3.02. The third-order valence-corrected chi connectivity index (χ3v) is 5.14. The molecule has 0 unspecified atom stereocenters. The van der Waals surface area contributed by atoms with E-state index >= 15 is 0 Å². The second kappa shape index (κ2) is 4.52. The van der Waals surface area contributed by atoms with Gasteiger partial charge in [0.15, 0.2) is 0 Å². The van der Waals surface area contributed by atoms with Crippen LogP contribution >= 0.6 is 15.9 Å². The van der Waals surface area contributed by atoms with Crippen LogP contribution in [0.2, 0.25) is 0 Å². The third kappa shape index (κ3) is 2.52. The van der Waals surface area contributed by atoms with Gasteiger partial charge >= 0.3 is 0 Å².